The number of thioether (sulfide) groups is 1. The Labute approximate surface area is 351 Å². The number of rotatable bonds is 15. The summed E-state index contributed by atoms with van der Waals surface area (Å²) in [5, 5.41) is 11.0. The number of imidazole rings is 1. The van der Waals surface area contributed by atoms with Gasteiger partial charge in [0.15, 0.2) is 0 Å². The smallest absolute Gasteiger partial charge is 0.331 e. The molecule has 1 aliphatic heterocycles. The number of ether oxygens (including phenoxy) is 1. The van der Waals surface area contributed by atoms with E-state index >= 15 is 0 Å². The van der Waals surface area contributed by atoms with E-state index in [0.717, 1.165) is 48.2 Å². The summed E-state index contributed by atoms with van der Waals surface area (Å²) in [7, 11) is -5.54. The average molecular weight is 864 g/mol. The van der Waals surface area contributed by atoms with Gasteiger partial charge in [0.2, 0.25) is 0 Å². The molecule has 0 bridgehead atoms. The molecule has 0 unspecified atom stereocenters. The highest BCUT2D eigenvalue weighted by Crippen LogP contribution is 2.34. The van der Waals surface area contributed by atoms with Crippen LogP contribution in [-0.4, -0.2) is 72.1 Å². The Balaban J connectivity index is 1.10. The monoisotopic (exact) mass is 862 g/mol. The molecule has 300 valence electrons. The van der Waals surface area contributed by atoms with Gasteiger partial charge in [-0.05, 0) is 78.2 Å². The van der Waals surface area contributed by atoms with E-state index in [-0.39, 0.29) is 13.3 Å². The highest BCUT2D eigenvalue weighted by Gasteiger charge is 2.43. The Hall–Kier alpha value is -3.72. The molecule has 57 heavy (non-hydrogen) atoms. The van der Waals surface area contributed by atoms with Gasteiger partial charge in [-0.3, -0.25) is 4.79 Å². The molecular formula is C42H48Cl2N6O4S2Si. The van der Waals surface area contributed by atoms with Crippen molar-refractivity contribution in [3.05, 3.63) is 106 Å². The molecule has 0 radical (unpaired) electrons. The van der Waals surface area contributed by atoms with Gasteiger partial charge in [-0.25, -0.2) is 9.29 Å². The summed E-state index contributed by atoms with van der Waals surface area (Å²) in [4.78, 5) is 18.0. The molecule has 3 aromatic carbocycles. The first kappa shape index (κ1) is 41.4. The second kappa shape index (κ2) is 18.0. The lowest BCUT2D eigenvalue weighted by atomic mass is 9.88. The highest BCUT2D eigenvalue weighted by molar-refractivity contribution is 7.99. The summed E-state index contributed by atoms with van der Waals surface area (Å²) in [5.41, 5.74) is 5.15. The second-order valence-electron chi connectivity index (χ2n) is 15.9. The normalized spacial score (nSPS) is 16.1. The number of carbonyl (C=O) groups is 1. The number of hydrogen-bond donors (Lipinski definition) is 0. The van der Waals surface area contributed by atoms with Gasteiger partial charge in [0, 0.05) is 49.1 Å². The number of amides is 1. The SMILES string of the molecule is C[Si](C)(C)CCOCN1C(=O)CN(c2cccc(-n3cc(-c4ccc(Cl)cc4Cl)nc3Cc3ccc(-c4ccc(SCCC5CCCCC5)nn4)cc3)c2)S1(=O)=O. The van der Waals surface area contributed by atoms with Gasteiger partial charge < -0.3 is 9.30 Å². The van der Waals surface area contributed by atoms with Crippen LogP contribution in [0.5, 0.6) is 0 Å². The van der Waals surface area contributed by atoms with E-state index in [0.29, 0.717) is 51.5 Å². The van der Waals surface area contributed by atoms with E-state index in [1.54, 1.807) is 42.1 Å². The van der Waals surface area contributed by atoms with Crippen molar-refractivity contribution < 1.29 is 17.9 Å². The Kier molecular flexibility index (Phi) is 13.1. The third-order valence-corrected chi connectivity index (χ3v) is 15.4. The first-order chi connectivity index (χ1) is 27.3. The van der Waals surface area contributed by atoms with Crippen LogP contribution in [0.1, 0.15) is 49.9 Å². The average Bonchev–Trinajstić information content (AvgIpc) is 3.70. The van der Waals surface area contributed by atoms with Crippen LogP contribution in [0.4, 0.5) is 5.69 Å². The van der Waals surface area contributed by atoms with Crippen molar-refractivity contribution >= 4 is 64.8 Å². The molecule has 0 spiro atoms. The molecule has 2 fully saturated rings. The molecule has 2 aromatic heterocycles. The minimum Gasteiger partial charge on any atom is -0.360 e. The molecule has 1 aliphatic carbocycles. The van der Waals surface area contributed by atoms with Crippen molar-refractivity contribution in [3.63, 3.8) is 0 Å². The van der Waals surface area contributed by atoms with Crippen molar-refractivity contribution in [2.24, 2.45) is 5.92 Å². The maximum absolute atomic E-state index is 13.7. The topological polar surface area (TPSA) is 111 Å². The number of halogens is 2. The molecule has 10 nitrogen and oxygen atoms in total. The standard InChI is InChI=1S/C42H48Cl2N6O4S2Si/c1-57(2,3)23-21-54-29-50-42(51)28-49(56(50,52)53)35-11-7-10-34(26-35)48-27-39(36-17-16-33(43)25-37(36)44)45-40(48)24-31-12-14-32(15-13-31)38-18-19-41(47-46-38)55-22-20-30-8-5-4-6-9-30/h7,10-19,25-27,30H,4-6,8-9,20-24,28-29H2,1-3H3. The first-order valence-corrected chi connectivity index (χ1v) is 26.3. The van der Waals surface area contributed by atoms with Crippen molar-refractivity contribution in [3.8, 4) is 28.2 Å². The molecule has 15 heteroatoms. The van der Waals surface area contributed by atoms with Gasteiger partial charge in [0.05, 0.1) is 22.1 Å². The maximum Gasteiger partial charge on any atom is 0.331 e. The van der Waals surface area contributed by atoms with Crippen LogP contribution in [0, 0.1) is 5.92 Å². The molecule has 7 rings (SSSR count). The van der Waals surface area contributed by atoms with Crippen molar-refractivity contribution in [1.82, 2.24) is 24.1 Å². The maximum atomic E-state index is 13.7. The second-order valence-corrected chi connectivity index (χ2v) is 25.3. The zero-order valence-corrected chi connectivity index (χ0v) is 36.7. The summed E-state index contributed by atoms with van der Waals surface area (Å²) < 4.78 is 36.8. The third kappa shape index (κ3) is 10.3. The van der Waals surface area contributed by atoms with Crippen molar-refractivity contribution in [2.75, 3.05) is 29.9 Å². The number of benzene rings is 3. The molecule has 2 aliphatic rings. The lowest BCUT2D eigenvalue weighted by molar-refractivity contribution is -0.127. The van der Waals surface area contributed by atoms with Crippen molar-refractivity contribution in [1.29, 1.82) is 0 Å². The quantitative estimate of drug-likeness (QED) is 0.0581. The lowest BCUT2D eigenvalue weighted by Crippen LogP contribution is -2.36. The van der Waals surface area contributed by atoms with Gasteiger partial charge >= 0.3 is 10.2 Å². The molecule has 1 saturated carbocycles. The molecule has 0 atom stereocenters. The number of aromatic nitrogens is 4. The van der Waals surface area contributed by atoms with Gasteiger partial charge in [-0.15, -0.1) is 22.0 Å². The summed E-state index contributed by atoms with van der Waals surface area (Å²) in [5.74, 6) is 2.09. The predicted octanol–water partition coefficient (Wildman–Crippen LogP) is 10.2. The number of carbonyl (C=O) groups excluding carboxylic acids is 1. The Bertz CT molecular complexity index is 2300. The Morgan fingerprint density at radius 3 is 2.39 bits per heavy atom. The zero-order chi connectivity index (χ0) is 40.2. The predicted molar refractivity (Wildman–Crippen MR) is 233 cm³/mol. The molecule has 1 amide bonds. The highest BCUT2D eigenvalue weighted by atomic mass is 35.5. The molecular weight excluding hydrogens is 816 g/mol. The summed E-state index contributed by atoms with van der Waals surface area (Å²) in [6.45, 7) is 6.41. The molecule has 0 N–H and O–H groups in total. The third-order valence-electron chi connectivity index (χ3n) is 10.5. The summed E-state index contributed by atoms with van der Waals surface area (Å²) in [6.07, 6.45) is 10.4. The van der Waals surface area contributed by atoms with E-state index in [2.05, 4.69) is 48.0 Å². The van der Waals surface area contributed by atoms with E-state index < -0.39 is 24.2 Å². The van der Waals surface area contributed by atoms with Crippen LogP contribution in [-0.2, 0) is 26.2 Å². The van der Waals surface area contributed by atoms with Gasteiger partial charge in [0.1, 0.15) is 24.1 Å². The van der Waals surface area contributed by atoms with Crippen LogP contribution in [0.2, 0.25) is 35.7 Å². The van der Waals surface area contributed by atoms with E-state index in [1.165, 1.54) is 38.5 Å². The molecule has 5 aromatic rings. The van der Waals surface area contributed by atoms with Crippen LogP contribution < -0.4 is 4.31 Å². The van der Waals surface area contributed by atoms with E-state index in [9.17, 15) is 13.2 Å². The van der Waals surface area contributed by atoms with E-state index in [4.69, 9.17) is 32.9 Å². The van der Waals surface area contributed by atoms with Crippen LogP contribution in [0.15, 0.2) is 90.1 Å². The minimum atomic E-state index is -4.15. The fourth-order valence-electron chi connectivity index (χ4n) is 7.14. The first-order valence-electron chi connectivity index (χ1n) is 19.4. The number of hydrogen-bond acceptors (Lipinski definition) is 8. The summed E-state index contributed by atoms with van der Waals surface area (Å²) >= 11 is 14.7. The Morgan fingerprint density at radius 2 is 1.67 bits per heavy atom. The van der Waals surface area contributed by atoms with E-state index in [1.807, 2.05) is 41.1 Å². The molecule has 1 saturated heterocycles. The fourth-order valence-corrected chi connectivity index (χ4v) is 10.7. The van der Waals surface area contributed by atoms with Crippen molar-refractivity contribution in [2.45, 2.75) is 75.7 Å². The van der Waals surface area contributed by atoms with Gasteiger partial charge in [0.25, 0.3) is 5.91 Å². The zero-order valence-electron chi connectivity index (χ0n) is 32.5. The van der Waals surface area contributed by atoms with Gasteiger partial charge in [-0.1, -0.05) is 105 Å². The van der Waals surface area contributed by atoms with Crippen LogP contribution >= 0.6 is 35.0 Å². The Morgan fingerprint density at radius 1 is 0.895 bits per heavy atom. The van der Waals surface area contributed by atoms with Crippen LogP contribution in [0.3, 0.4) is 0 Å². The minimum absolute atomic E-state index is 0.311. The largest absolute Gasteiger partial charge is 0.360 e. The van der Waals surface area contributed by atoms with Gasteiger partial charge in [-0.2, -0.15) is 12.7 Å². The number of anilines is 1. The molecule has 3 heterocycles. The summed E-state index contributed by atoms with van der Waals surface area (Å²) in [6, 6.07) is 25.5. The number of nitrogens with zero attached hydrogens (tertiary/aromatic N) is 6. The lowest BCUT2D eigenvalue weighted by Gasteiger charge is -2.21. The van der Waals surface area contributed by atoms with Crippen LogP contribution in [0.25, 0.3) is 28.2 Å². The fraction of sp³-hybridized carbons (Fsp3) is 0.381.